The van der Waals surface area contributed by atoms with E-state index in [-0.39, 0.29) is 61.5 Å². The Hall–Kier alpha value is -6.10. The van der Waals surface area contributed by atoms with E-state index in [0.717, 1.165) is 22.1 Å². The Labute approximate surface area is 418 Å². The molecule has 4 aromatic rings. The van der Waals surface area contributed by atoms with Crippen molar-refractivity contribution in [2.75, 3.05) is 61.0 Å². The summed E-state index contributed by atoms with van der Waals surface area (Å²) in [6, 6.07) is 12.3. The normalized spacial score (nSPS) is 21.2. The number of pyridine rings is 1. The lowest BCUT2D eigenvalue weighted by Gasteiger charge is -2.37. The molecular formula is C55H73N7O9. The number of ether oxygens (including phenoxy) is 2. The van der Waals surface area contributed by atoms with Crippen LogP contribution in [0.3, 0.4) is 0 Å². The number of carbonyl (C=O) groups is 5. The molecule has 2 saturated heterocycles. The molecule has 6 bridgehead atoms. The fourth-order valence-electron chi connectivity index (χ4n) is 10.2. The predicted molar refractivity (Wildman–Crippen MR) is 271 cm³/mol. The van der Waals surface area contributed by atoms with Crippen LogP contribution >= 0.6 is 0 Å². The fraction of sp³-hybridized carbons (Fsp3) is 0.527. The van der Waals surface area contributed by atoms with Crippen molar-refractivity contribution in [1.82, 2.24) is 35.4 Å². The number of phenolic OH excluding ortho intramolecular Hbond substituents is 1. The first-order valence-electron chi connectivity index (χ1n) is 25.0. The highest BCUT2D eigenvalue weighted by Gasteiger charge is 2.40. The maximum Gasteiger partial charge on any atom is 0.307 e. The summed E-state index contributed by atoms with van der Waals surface area (Å²) in [6.45, 7) is 13.4. The Balaban J connectivity index is 1.22. The zero-order valence-electron chi connectivity index (χ0n) is 43.1. The van der Waals surface area contributed by atoms with Crippen LogP contribution in [0.2, 0.25) is 0 Å². The summed E-state index contributed by atoms with van der Waals surface area (Å²) in [6.07, 6.45) is 7.44. The van der Waals surface area contributed by atoms with Crippen LogP contribution in [0.1, 0.15) is 90.2 Å². The van der Waals surface area contributed by atoms with Crippen LogP contribution in [-0.4, -0.2) is 139 Å². The van der Waals surface area contributed by atoms with Gasteiger partial charge in [-0.3, -0.25) is 34.0 Å². The number of nitrogens with one attached hydrogen (secondary N) is 2. The highest BCUT2D eigenvalue weighted by atomic mass is 16.5. The van der Waals surface area contributed by atoms with Crippen molar-refractivity contribution in [2.45, 2.75) is 104 Å². The van der Waals surface area contributed by atoms with E-state index in [9.17, 15) is 29.1 Å². The topological polar surface area (TPSA) is 187 Å². The number of amides is 4. The van der Waals surface area contributed by atoms with Crippen LogP contribution < -0.4 is 10.7 Å². The van der Waals surface area contributed by atoms with Crippen molar-refractivity contribution in [3.8, 4) is 28.2 Å². The summed E-state index contributed by atoms with van der Waals surface area (Å²) < 4.78 is 18.4. The van der Waals surface area contributed by atoms with E-state index >= 15 is 0 Å². The Bertz CT molecular complexity index is 2620. The second-order valence-corrected chi connectivity index (χ2v) is 21.1. The van der Waals surface area contributed by atoms with Gasteiger partial charge in [-0.05, 0) is 106 Å². The number of benzene rings is 2. The molecule has 2 aromatic heterocycles. The lowest BCUT2D eigenvalue weighted by molar-refractivity contribution is -0.150. The van der Waals surface area contributed by atoms with Crippen molar-refractivity contribution < 1.29 is 43.0 Å². The number of furan rings is 1. The summed E-state index contributed by atoms with van der Waals surface area (Å²) in [5.74, 6) is -2.21. The number of phenols is 1. The molecule has 1 unspecified atom stereocenters. The van der Waals surface area contributed by atoms with Crippen molar-refractivity contribution >= 4 is 40.6 Å². The van der Waals surface area contributed by atoms with Gasteiger partial charge < -0.3 is 39.0 Å². The lowest BCUT2D eigenvalue weighted by atomic mass is 9.84. The van der Waals surface area contributed by atoms with Gasteiger partial charge in [0.1, 0.15) is 29.2 Å². The van der Waals surface area contributed by atoms with E-state index in [0.29, 0.717) is 73.5 Å². The first-order chi connectivity index (χ1) is 33.7. The molecule has 2 aromatic carbocycles. The number of aromatic nitrogens is 1. The van der Waals surface area contributed by atoms with Crippen LogP contribution in [0.5, 0.6) is 5.75 Å². The quantitative estimate of drug-likeness (QED) is 0.101. The molecule has 0 saturated carbocycles. The van der Waals surface area contributed by atoms with Gasteiger partial charge in [-0.2, -0.15) is 0 Å². The van der Waals surface area contributed by atoms with Crippen molar-refractivity contribution in [3.05, 3.63) is 83.7 Å². The molecule has 3 N–H and O–H groups in total. The maximum absolute atomic E-state index is 14.8. The molecule has 3 aliphatic heterocycles. The fourth-order valence-corrected chi connectivity index (χ4v) is 10.2. The van der Waals surface area contributed by atoms with E-state index in [1.165, 1.54) is 9.91 Å². The zero-order chi connectivity index (χ0) is 51.3. The minimum Gasteiger partial charge on any atom is -0.508 e. The van der Waals surface area contributed by atoms with Gasteiger partial charge in [-0.25, -0.2) is 5.43 Å². The molecule has 2 fully saturated rings. The number of rotatable bonds is 12. The van der Waals surface area contributed by atoms with E-state index in [4.69, 9.17) is 13.9 Å². The molecule has 3 aliphatic rings. The van der Waals surface area contributed by atoms with Crippen LogP contribution in [0.4, 0.5) is 0 Å². The molecule has 5 heterocycles. The molecule has 6 atom stereocenters. The highest BCUT2D eigenvalue weighted by Crippen LogP contribution is 2.42. The number of hydrogen-bond acceptors (Lipinski definition) is 12. The smallest absolute Gasteiger partial charge is 0.307 e. The second kappa shape index (κ2) is 22.5. The average molecular weight is 976 g/mol. The number of methoxy groups -OCH3 is 1. The molecule has 0 radical (unpaired) electrons. The summed E-state index contributed by atoms with van der Waals surface area (Å²) in [5.41, 5.74) is 7.80. The molecule has 0 spiro atoms. The maximum atomic E-state index is 14.8. The Morgan fingerprint density at radius 3 is 2.52 bits per heavy atom. The molecule has 4 amide bonds. The third kappa shape index (κ3) is 12.5. The van der Waals surface area contributed by atoms with Crippen molar-refractivity contribution in [1.29, 1.82) is 0 Å². The number of nitrogens with zero attached hydrogens (tertiary/aromatic N) is 5. The Morgan fingerprint density at radius 1 is 1.01 bits per heavy atom. The van der Waals surface area contributed by atoms with Crippen LogP contribution in [-0.2, 0) is 46.3 Å². The van der Waals surface area contributed by atoms with Gasteiger partial charge in [-0.1, -0.05) is 58.9 Å². The molecular weight excluding hydrogens is 903 g/mol. The molecule has 7 rings (SSSR count). The third-order valence-electron chi connectivity index (χ3n) is 14.0. The van der Waals surface area contributed by atoms with Gasteiger partial charge in [0.2, 0.25) is 17.7 Å². The number of hydrogen-bond donors (Lipinski definition) is 3. The molecule has 16 nitrogen and oxygen atoms in total. The number of hydrazine groups is 1. The number of fused-ring (bicyclic) bond motifs is 6. The molecule has 382 valence electrons. The van der Waals surface area contributed by atoms with Crippen LogP contribution in [0.25, 0.3) is 33.4 Å². The molecule has 71 heavy (non-hydrogen) atoms. The van der Waals surface area contributed by atoms with E-state index < -0.39 is 47.2 Å². The largest absolute Gasteiger partial charge is 0.508 e. The molecule has 0 aliphatic carbocycles. The Kier molecular flexibility index (Phi) is 16.7. The number of likely N-dealkylation sites (tertiary alicyclic amines) is 1. The second-order valence-electron chi connectivity index (χ2n) is 21.1. The summed E-state index contributed by atoms with van der Waals surface area (Å²) in [4.78, 5) is 80.5. The summed E-state index contributed by atoms with van der Waals surface area (Å²) >= 11 is 0. The third-order valence-corrected chi connectivity index (χ3v) is 14.0. The monoisotopic (exact) mass is 976 g/mol. The van der Waals surface area contributed by atoms with Gasteiger partial charge in [0.15, 0.2) is 0 Å². The number of likely N-dealkylation sites (N-methyl/N-ethyl adjacent to an activating group) is 2. The summed E-state index contributed by atoms with van der Waals surface area (Å²) in [7, 11) is 7.16. The number of cyclic esters (lactones) is 1. The number of esters is 1. The first-order valence-corrected chi connectivity index (χ1v) is 25.0. The number of carbonyl (C=O) groups excluding carboxylic acids is 5. The lowest BCUT2D eigenvalue weighted by Crippen LogP contribution is -2.61. The van der Waals surface area contributed by atoms with Gasteiger partial charge in [0.25, 0.3) is 5.91 Å². The SMILES string of the molecule is CO[C@@H](C)c1ncccc1-c1oc2ccc3cc2c1CC(C)(C)COC(=O)C[C@@H]1CCCN(N1)C(=O)[C@@H](NC(=O)[C@H](C(C)C)N(C)C(=O)[C@H]1CCN(C(=O)C(C)/C=C/CN(C)C)C1)Cc1cc(O)cc-3c1. The standard InChI is InChI=1S/C55H73N7O9/c1-33(2)49(60(9)53(67)38-19-23-61(31-38)52(66)34(3)14-12-21-59(7)8)51(65)57-45-26-36-24-39(27-41(63)25-36)37-17-18-46-43(28-37)44(50(71-46)42-16-11-20-56-48(42)35(4)69-10)30-55(5,6)32-70-47(64)29-40-15-13-22-62(58-40)54(45)68/h11-12,14,16-18,20,24-25,27-28,33-35,38,40,45,49,58,63H,13,15,19,21-23,26,29-32H2,1-10H3,(H,57,65)/b14-12+/t34?,35-,38-,40-,45-,49-/m0/s1. The van der Waals surface area contributed by atoms with Crippen molar-refractivity contribution in [3.63, 3.8) is 0 Å². The van der Waals surface area contributed by atoms with E-state index in [1.807, 2.05) is 109 Å². The Morgan fingerprint density at radius 2 is 1.79 bits per heavy atom. The minimum atomic E-state index is -1.14. The minimum absolute atomic E-state index is 0.000775. The van der Waals surface area contributed by atoms with E-state index in [1.54, 1.807) is 37.4 Å². The number of aromatic hydroxyl groups is 1. The van der Waals surface area contributed by atoms with Gasteiger partial charge in [0, 0.05) is 80.9 Å². The van der Waals surface area contributed by atoms with Crippen molar-refractivity contribution in [2.24, 2.45) is 23.2 Å². The summed E-state index contributed by atoms with van der Waals surface area (Å²) in [5, 5.41) is 16.7. The van der Waals surface area contributed by atoms with Gasteiger partial charge in [0.05, 0.1) is 36.7 Å². The van der Waals surface area contributed by atoms with Crippen LogP contribution in [0.15, 0.2) is 71.3 Å². The zero-order valence-corrected chi connectivity index (χ0v) is 43.1. The average Bonchev–Trinajstić information content (AvgIpc) is 3.97. The van der Waals surface area contributed by atoms with Crippen LogP contribution in [0, 0.1) is 23.2 Å². The molecule has 16 heteroatoms. The van der Waals surface area contributed by atoms with Gasteiger partial charge >= 0.3 is 5.97 Å². The van der Waals surface area contributed by atoms with Gasteiger partial charge in [-0.15, -0.1) is 0 Å². The van der Waals surface area contributed by atoms with E-state index in [2.05, 4.69) is 15.7 Å². The predicted octanol–water partition coefficient (Wildman–Crippen LogP) is 6.70. The first kappa shape index (κ1) is 52.7. The highest BCUT2D eigenvalue weighted by molar-refractivity contribution is 5.94.